The van der Waals surface area contributed by atoms with Gasteiger partial charge in [0.2, 0.25) is 0 Å². The number of para-hydroxylation sites is 2. The summed E-state index contributed by atoms with van der Waals surface area (Å²) in [6.07, 6.45) is 6.76. The maximum Gasteiger partial charge on any atom is 0.0718 e. The number of fused-ring (bicyclic) bond motifs is 3. The van der Waals surface area contributed by atoms with Gasteiger partial charge in [0.15, 0.2) is 0 Å². The van der Waals surface area contributed by atoms with Crippen LogP contribution in [0, 0.1) is 6.92 Å². The van der Waals surface area contributed by atoms with Crippen LogP contribution in [0.3, 0.4) is 0 Å². The van der Waals surface area contributed by atoms with E-state index in [0.717, 1.165) is 0 Å². The second-order valence-electron chi connectivity index (χ2n) is 8.77. The Morgan fingerprint density at radius 1 is 0.531 bits per heavy atom. The van der Waals surface area contributed by atoms with Crippen molar-refractivity contribution in [2.45, 2.75) is 6.92 Å². The summed E-state index contributed by atoms with van der Waals surface area (Å²) in [5, 5.41) is 3.74. The van der Waals surface area contributed by atoms with Crippen LogP contribution in [0.25, 0.3) is 32.7 Å². The minimum absolute atomic E-state index is 1.19. The van der Waals surface area contributed by atoms with Gasteiger partial charge in [0.1, 0.15) is 0 Å². The van der Waals surface area contributed by atoms with Crippen LogP contribution in [0.2, 0.25) is 0 Å². The van der Waals surface area contributed by atoms with Gasteiger partial charge in [-0.25, -0.2) is 0 Å². The SMILES string of the molecule is Cc1ccc2c(c1)c(N(c1cn(C)c3ccccc13)c1cn(C)c3ccccc13)cn2C. The fourth-order valence-electron chi connectivity index (χ4n) is 5.05. The molecule has 0 N–H and O–H groups in total. The molecule has 158 valence electrons. The van der Waals surface area contributed by atoms with Gasteiger partial charge >= 0.3 is 0 Å². The number of hydrogen-bond acceptors (Lipinski definition) is 1. The molecule has 0 saturated heterocycles. The number of aromatic nitrogens is 3. The maximum absolute atomic E-state index is 2.44. The highest BCUT2D eigenvalue weighted by atomic mass is 15.2. The summed E-state index contributed by atoms with van der Waals surface area (Å²) in [6.45, 7) is 2.16. The molecule has 0 aliphatic heterocycles. The molecule has 0 spiro atoms. The predicted molar refractivity (Wildman–Crippen MR) is 135 cm³/mol. The lowest BCUT2D eigenvalue weighted by molar-refractivity contribution is 0.956. The van der Waals surface area contributed by atoms with E-state index in [0.29, 0.717) is 0 Å². The minimum atomic E-state index is 1.19. The van der Waals surface area contributed by atoms with E-state index in [1.807, 2.05) is 0 Å². The molecule has 0 bridgehead atoms. The van der Waals surface area contributed by atoms with Gasteiger partial charge in [-0.2, -0.15) is 0 Å². The van der Waals surface area contributed by atoms with Crippen LogP contribution in [0.5, 0.6) is 0 Å². The first kappa shape index (κ1) is 18.8. The molecular weight excluding hydrogens is 392 g/mol. The van der Waals surface area contributed by atoms with E-state index in [-0.39, 0.29) is 0 Å². The quantitative estimate of drug-likeness (QED) is 0.304. The Balaban J connectivity index is 1.75. The molecule has 0 atom stereocenters. The standard InChI is InChI=1S/C28H26N4/c1-19-13-14-25-22(15-19)28(18-31(25)4)32(26-16-29(2)23-11-7-5-9-20(23)26)27-17-30(3)24-12-8-6-10-21(24)27/h5-18H,1-4H3. The van der Waals surface area contributed by atoms with Gasteiger partial charge in [0, 0.05) is 72.4 Å². The van der Waals surface area contributed by atoms with Crippen molar-refractivity contribution in [2.75, 3.05) is 4.90 Å². The summed E-state index contributed by atoms with van der Waals surface area (Å²) in [6, 6.07) is 24.0. The van der Waals surface area contributed by atoms with Crippen molar-refractivity contribution in [3.05, 3.63) is 90.9 Å². The molecule has 0 aliphatic carbocycles. The van der Waals surface area contributed by atoms with E-state index in [4.69, 9.17) is 0 Å². The molecule has 0 radical (unpaired) electrons. The Bertz CT molecular complexity index is 1550. The number of anilines is 3. The molecular formula is C28H26N4. The first-order chi connectivity index (χ1) is 15.5. The lowest BCUT2D eigenvalue weighted by Crippen LogP contribution is -2.09. The first-order valence-electron chi connectivity index (χ1n) is 11.0. The summed E-state index contributed by atoms with van der Waals surface area (Å²) in [4.78, 5) is 2.44. The topological polar surface area (TPSA) is 18.0 Å². The van der Waals surface area contributed by atoms with Crippen molar-refractivity contribution in [2.24, 2.45) is 21.1 Å². The normalized spacial score (nSPS) is 11.8. The number of rotatable bonds is 3. The molecule has 3 aromatic carbocycles. The fourth-order valence-corrected chi connectivity index (χ4v) is 5.05. The van der Waals surface area contributed by atoms with Gasteiger partial charge in [0.05, 0.1) is 17.1 Å². The summed E-state index contributed by atoms with van der Waals surface area (Å²) in [5.41, 5.74) is 8.52. The average molecular weight is 419 g/mol. The zero-order valence-electron chi connectivity index (χ0n) is 18.9. The summed E-state index contributed by atoms with van der Waals surface area (Å²) in [5.74, 6) is 0. The van der Waals surface area contributed by atoms with Crippen LogP contribution in [0.4, 0.5) is 17.1 Å². The molecule has 3 heterocycles. The monoisotopic (exact) mass is 418 g/mol. The third-order valence-electron chi connectivity index (χ3n) is 6.60. The third kappa shape index (κ3) is 2.62. The molecule has 3 aromatic heterocycles. The van der Waals surface area contributed by atoms with Gasteiger partial charge < -0.3 is 18.6 Å². The lowest BCUT2D eigenvalue weighted by atomic mass is 10.1. The number of benzene rings is 3. The van der Waals surface area contributed by atoms with Crippen LogP contribution in [0.1, 0.15) is 5.56 Å². The van der Waals surface area contributed by atoms with E-state index in [9.17, 15) is 0 Å². The highest BCUT2D eigenvalue weighted by molar-refractivity contribution is 6.08. The molecule has 6 rings (SSSR count). The molecule has 0 fully saturated rings. The highest BCUT2D eigenvalue weighted by Crippen LogP contribution is 2.46. The molecule has 0 aliphatic rings. The largest absolute Gasteiger partial charge is 0.348 e. The lowest BCUT2D eigenvalue weighted by Gasteiger charge is -2.23. The van der Waals surface area contributed by atoms with Gasteiger partial charge in [-0.3, -0.25) is 0 Å². The Labute approximate surface area is 187 Å². The van der Waals surface area contributed by atoms with E-state index >= 15 is 0 Å². The zero-order chi connectivity index (χ0) is 22.0. The van der Waals surface area contributed by atoms with Crippen LogP contribution < -0.4 is 4.90 Å². The highest BCUT2D eigenvalue weighted by Gasteiger charge is 2.24. The summed E-state index contributed by atoms with van der Waals surface area (Å²) in [7, 11) is 6.38. The van der Waals surface area contributed by atoms with Crippen molar-refractivity contribution in [1.82, 2.24) is 13.7 Å². The molecule has 0 unspecified atom stereocenters. The molecule has 4 nitrogen and oxygen atoms in total. The van der Waals surface area contributed by atoms with Crippen LogP contribution in [-0.4, -0.2) is 13.7 Å². The Morgan fingerprint density at radius 3 is 1.50 bits per heavy atom. The number of nitrogens with zero attached hydrogens (tertiary/aromatic N) is 4. The van der Waals surface area contributed by atoms with Gasteiger partial charge in [-0.05, 0) is 31.2 Å². The van der Waals surface area contributed by atoms with Gasteiger partial charge in [-0.15, -0.1) is 0 Å². The Hall–Kier alpha value is -3.92. The number of aryl methyl sites for hydroxylation is 4. The fraction of sp³-hybridized carbons (Fsp3) is 0.143. The molecule has 32 heavy (non-hydrogen) atoms. The smallest absolute Gasteiger partial charge is 0.0718 e. The summed E-state index contributed by atoms with van der Waals surface area (Å²) < 4.78 is 6.67. The predicted octanol–water partition coefficient (Wildman–Crippen LogP) is 6.94. The van der Waals surface area contributed by atoms with E-state index in [1.165, 1.54) is 55.3 Å². The minimum Gasteiger partial charge on any atom is -0.348 e. The number of hydrogen-bond donors (Lipinski definition) is 0. The van der Waals surface area contributed by atoms with Crippen molar-refractivity contribution in [1.29, 1.82) is 0 Å². The molecule has 4 heteroatoms. The first-order valence-corrected chi connectivity index (χ1v) is 11.0. The van der Waals surface area contributed by atoms with E-state index in [2.05, 4.69) is 132 Å². The van der Waals surface area contributed by atoms with Crippen LogP contribution in [0.15, 0.2) is 85.3 Å². The van der Waals surface area contributed by atoms with Crippen molar-refractivity contribution < 1.29 is 0 Å². The molecule has 0 amide bonds. The van der Waals surface area contributed by atoms with Gasteiger partial charge in [0.25, 0.3) is 0 Å². The Morgan fingerprint density at radius 2 is 0.969 bits per heavy atom. The summed E-state index contributed by atoms with van der Waals surface area (Å²) >= 11 is 0. The van der Waals surface area contributed by atoms with Crippen LogP contribution >= 0.6 is 0 Å². The van der Waals surface area contributed by atoms with Gasteiger partial charge in [-0.1, -0.05) is 48.0 Å². The average Bonchev–Trinajstić information content (AvgIpc) is 3.42. The van der Waals surface area contributed by atoms with E-state index in [1.54, 1.807) is 0 Å². The zero-order valence-corrected chi connectivity index (χ0v) is 18.9. The molecule has 6 aromatic rings. The van der Waals surface area contributed by atoms with Crippen molar-refractivity contribution >= 4 is 49.8 Å². The molecule has 0 saturated carbocycles. The van der Waals surface area contributed by atoms with Crippen molar-refractivity contribution in [3.63, 3.8) is 0 Å². The van der Waals surface area contributed by atoms with Crippen molar-refractivity contribution in [3.8, 4) is 0 Å². The second kappa shape index (κ2) is 6.79. The van der Waals surface area contributed by atoms with E-state index < -0.39 is 0 Å². The second-order valence-corrected chi connectivity index (χ2v) is 8.77. The Kier molecular flexibility index (Phi) is 3.99. The van der Waals surface area contributed by atoms with Crippen LogP contribution in [-0.2, 0) is 21.1 Å². The maximum atomic E-state index is 2.44. The third-order valence-corrected chi connectivity index (χ3v) is 6.60.